The van der Waals surface area contributed by atoms with E-state index in [0.717, 1.165) is 16.3 Å². The number of carbonyl (C=O) groups excluding carboxylic acids is 1. The van der Waals surface area contributed by atoms with E-state index in [1.807, 2.05) is 25.4 Å². The summed E-state index contributed by atoms with van der Waals surface area (Å²) in [7, 11) is 1.85. The number of nitrogens with one attached hydrogen (secondary N) is 1. The van der Waals surface area contributed by atoms with Crippen molar-refractivity contribution in [1.82, 2.24) is 20.1 Å². The number of carbonyl (C=O) groups is 1. The van der Waals surface area contributed by atoms with Crippen molar-refractivity contribution in [2.45, 2.75) is 19.8 Å². The fraction of sp³-hybridized carbons (Fsp3) is 0.316. The van der Waals surface area contributed by atoms with Gasteiger partial charge in [-0.25, -0.2) is 4.98 Å². The van der Waals surface area contributed by atoms with Gasteiger partial charge in [0.1, 0.15) is 23.1 Å². The first-order valence-corrected chi connectivity index (χ1v) is 9.36. The van der Waals surface area contributed by atoms with Gasteiger partial charge in [-0.2, -0.15) is 5.10 Å². The quantitative estimate of drug-likeness (QED) is 0.647. The van der Waals surface area contributed by atoms with Crippen molar-refractivity contribution >= 4 is 17.2 Å². The van der Waals surface area contributed by atoms with Gasteiger partial charge in [0, 0.05) is 24.2 Å². The van der Waals surface area contributed by atoms with Crippen LogP contribution in [0.3, 0.4) is 0 Å². The summed E-state index contributed by atoms with van der Waals surface area (Å²) in [6.45, 7) is 5.14. The van der Waals surface area contributed by atoms with Crippen LogP contribution in [-0.4, -0.2) is 33.8 Å². The van der Waals surface area contributed by atoms with Gasteiger partial charge < -0.3 is 10.1 Å². The van der Waals surface area contributed by atoms with Crippen molar-refractivity contribution in [3.63, 3.8) is 0 Å². The lowest BCUT2D eigenvalue weighted by Crippen LogP contribution is -2.28. The number of ether oxygens (including phenoxy) is 1. The van der Waals surface area contributed by atoms with Crippen LogP contribution in [0.15, 0.2) is 42.0 Å². The van der Waals surface area contributed by atoms with Crippen molar-refractivity contribution in [3.8, 4) is 16.3 Å². The lowest BCUT2D eigenvalue weighted by molar-refractivity contribution is 0.0943. The fourth-order valence-electron chi connectivity index (χ4n) is 2.42. The number of nitrogens with zero attached hydrogens (tertiary/aromatic N) is 3. The molecule has 0 aliphatic heterocycles. The molecule has 1 amide bonds. The Morgan fingerprint density at radius 3 is 2.73 bits per heavy atom. The van der Waals surface area contributed by atoms with Crippen molar-refractivity contribution in [2.75, 3.05) is 13.2 Å². The van der Waals surface area contributed by atoms with Crippen LogP contribution < -0.4 is 10.1 Å². The van der Waals surface area contributed by atoms with Crippen molar-refractivity contribution < 1.29 is 9.53 Å². The zero-order valence-corrected chi connectivity index (χ0v) is 15.9. The van der Waals surface area contributed by atoms with Crippen LogP contribution in [0.1, 0.15) is 35.8 Å². The van der Waals surface area contributed by atoms with Gasteiger partial charge in [-0.15, -0.1) is 11.3 Å². The van der Waals surface area contributed by atoms with E-state index in [4.69, 9.17) is 4.74 Å². The van der Waals surface area contributed by atoms with E-state index in [-0.39, 0.29) is 5.91 Å². The van der Waals surface area contributed by atoms with Gasteiger partial charge in [0.05, 0.1) is 12.7 Å². The number of benzene rings is 1. The van der Waals surface area contributed by atoms with Crippen molar-refractivity contribution in [3.05, 3.63) is 53.3 Å². The normalized spacial score (nSPS) is 10.9. The minimum atomic E-state index is -0.199. The second-order valence-electron chi connectivity index (χ2n) is 6.27. The molecule has 0 bridgehead atoms. The van der Waals surface area contributed by atoms with Crippen molar-refractivity contribution in [2.24, 2.45) is 7.05 Å². The Bertz CT molecular complexity index is 868. The molecule has 0 radical (unpaired) electrons. The minimum Gasteiger partial charge on any atom is -0.492 e. The molecule has 0 spiro atoms. The third-order valence-electron chi connectivity index (χ3n) is 3.89. The molecule has 0 aliphatic carbocycles. The Morgan fingerprint density at radius 2 is 2.08 bits per heavy atom. The van der Waals surface area contributed by atoms with E-state index in [0.29, 0.717) is 24.8 Å². The molecule has 136 valence electrons. The zero-order chi connectivity index (χ0) is 18.5. The number of amides is 1. The Hall–Kier alpha value is -2.67. The molecule has 0 unspecified atom stereocenters. The number of rotatable bonds is 7. The molecule has 3 rings (SSSR count). The molecule has 1 N–H and O–H groups in total. The molecule has 0 saturated heterocycles. The second kappa shape index (κ2) is 8.14. The molecule has 0 saturated carbocycles. The topological polar surface area (TPSA) is 69.0 Å². The van der Waals surface area contributed by atoms with Crippen LogP contribution in [0.25, 0.3) is 10.6 Å². The summed E-state index contributed by atoms with van der Waals surface area (Å²) in [6, 6.07) is 8.04. The molecule has 0 aliphatic rings. The van der Waals surface area contributed by atoms with Crippen LogP contribution in [0.2, 0.25) is 0 Å². The SMILES string of the molecule is CC(C)c1ccc(OCCNC(=O)c2csc(-c3cnn(C)c3)n2)cc1. The monoisotopic (exact) mass is 370 g/mol. The zero-order valence-electron chi connectivity index (χ0n) is 15.1. The standard InChI is InChI=1S/C19H22N4O2S/c1-13(2)14-4-6-16(7-5-14)25-9-8-20-18(24)17-12-26-19(22-17)15-10-21-23(3)11-15/h4-7,10-13H,8-9H2,1-3H3,(H,20,24). The first kappa shape index (κ1) is 18.1. The molecule has 3 aromatic rings. The number of aromatic nitrogens is 3. The fourth-order valence-corrected chi connectivity index (χ4v) is 3.19. The summed E-state index contributed by atoms with van der Waals surface area (Å²) < 4.78 is 7.37. The highest BCUT2D eigenvalue weighted by Crippen LogP contribution is 2.23. The van der Waals surface area contributed by atoms with Crippen molar-refractivity contribution in [1.29, 1.82) is 0 Å². The molecule has 0 atom stereocenters. The van der Waals surface area contributed by atoms with Gasteiger partial charge in [-0.1, -0.05) is 26.0 Å². The van der Waals surface area contributed by atoms with Gasteiger partial charge in [0.15, 0.2) is 0 Å². The highest BCUT2D eigenvalue weighted by molar-refractivity contribution is 7.13. The van der Waals surface area contributed by atoms with Gasteiger partial charge in [0.2, 0.25) is 0 Å². The highest BCUT2D eigenvalue weighted by Gasteiger charge is 2.12. The van der Waals surface area contributed by atoms with E-state index in [1.54, 1.807) is 16.3 Å². The Balaban J connectivity index is 1.46. The average Bonchev–Trinajstić information content (AvgIpc) is 3.28. The second-order valence-corrected chi connectivity index (χ2v) is 7.13. The molecular weight excluding hydrogens is 348 g/mol. The Morgan fingerprint density at radius 1 is 1.31 bits per heavy atom. The predicted octanol–water partition coefficient (Wildman–Crippen LogP) is 3.48. The summed E-state index contributed by atoms with van der Waals surface area (Å²) in [5.74, 6) is 1.10. The third-order valence-corrected chi connectivity index (χ3v) is 4.78. The average molecular weight is 370 g/mol. The first-order valence-electron chi connectivity index (χ1n) is 8.48. The minimum absolute atomic E-state index is 0.199. The van der Waals surface area contributed by atoms with Crippen LogP contribution in [0.5, 0.6) is 5.75 Å². The molecule has 2 heterocycles. The predicted molar refractivity (Wildman–Crippen MR) is 103 cm³/mol. The molecule has 6 nitrogen and oxygen atoms in total. The van der Waals surface area contributed by atoms with E-state index in [2.05, 4.69) is 41.4 Å². The lowest BCUT2D eigenvalue weighted by atomic mass is 10.0. The Labute approximate surface area is 156 Å². The van der Waals surface area contributed by atoms with E-state index in [9.17, 15) is 4.79 Å². The summed E-state index contributed by atoms with van der Waals surface area (Å²) in [4.78, 5) is 16.6. The van der Waals surface area contributed by atoms with Gasteiger partial charge in [0.25, 0.3) is 5.91 Å². The third kappa shape index (κ3) is 4.49. The summed E-state index contributed by atoms with van der Waals surface area (Å²) in [5, 5.41) is 9.48. The summed E-state index contributed by atoms with van der Waals surface area (Å²) in [6.07, 6.45) is 3.61. The lowest BCUT2D eigenvalue weighted by Gasteiger charge is -2.09. The maximum absolute atomic E-state index is 12.2. The smallest absolute Gasteiger partial charge is 0.270 e. The van der Waals surface area contributed by atoms with Crippen LogP contribution in [0, 0.1) is 0 Å². The number of hydrogen-bond acceptors (Lipinski definition) is 5. The van der Waals surface area contributed by atoms with Gasteiger partial charge in [-0.3, -0.25) is 9.48 Å². The Kier molecular flexibility index (Phi) is 5.68. The van der Waals surface area contributed by atoms with Crippen LogP contribution in [-0.2, 0) is 7.05 Å². The summed E-state index contributed by atoms with van der Waals surface area (Å²) >= 11 is 1.43. The number of hydrogen-bond donors (Lipinski definition) is 1. The van der Waals surface area contributed by atoms with E-state index < -0.39 is 0 Å². The van der Waals surface area contributed by atoms with Crippen LogP contribution in [0.4, 0.5) is 0 Å². The number of aryl methyl sites for hydroxylation is 1. The van der Waals surface area contributed by atoms with Crippen LogP contribution >= 0.6 is 11.3 Å². The molecular formula is C19H22N4O2S. The highest BCUT2D eigenvalue weighted by atomic mass is 32.1. The number of thiazole rings is 1. The molecule has 2 aromatic heterocycles. The molecule has 7 heteroatoms. The largest absolute Gasteiger partial charge is 0.492 e. The first-order chi connectivity index (χ1) is 12.5. The molecule has 0 fully saturated rings. The summed E-state index contributed by atoms with van der Waals surface area (Å²) in [5.41, 5.74) is 2.60. The maximum Gasteiger partial charge on any atom is 0.270 e. The van der Waals surface area contributed by atoms with Gasteiger partial charge >= 0.3 is 0 Å². The molecule has 1 aromatic carbocycles. The van der Waals surface area contributed by atoms with Gasteiger partial charge in [-0.05, 0) is 23.6 Å². The van der Waals surface area contributed by atoms with E-state index >= 15 is 0 Å². The van der Waals surface area contributed by atoms with E-state index in [1.165, 1.54) is 16.9 Å². The maximum atomic E-state index is 12.2. The molecule has 26 heavy (non-hydrogen) atoms.